The zero-order chi connectivity index (χ0) is 19.3. The highest BCUT2D eigenvalue weighted by molar-refractivity contribution is 6.30. The van der Waals surface area contributed by atoms with Crippen LogP contribution in [0.4, 0.5) is 0 Å². The fourth-order valence-electron chi connectivity index (χ4n) is 4.82. The molecule has 1 atom stereocenters. The molecule has 1 N–H and O–H groups in total. The number of benzene rings is 1. The summed E-state index contributed by atoms with van der Waals surface area (Å²) in [6, 6.07) is 6.94. The maximum absolute atomic E-state index is 13.0. The quantitative estimate of drug-likeness (QED) is 0.740. The number of carbonyl (C=O) groups is 2. The summed E-state index contributed by atoms with van der Waals surface area (Å²) < 4.78 is 0. The maximum atomic E-state index is 13.0. The second-order valence-electron chi connectivity index (χ2n) is 8.48. The van der Waals surface area contributed by atoms with Gasteiger partial charge in [0.25, 0.3) is 0 Å². The van der Waals surface area contributed by atoms with Crippen LogP contribution in [0, 0.1) is 11.3 Å². The van der Waals surface area contributed by atoms with Gasteiger partial charge in [0.15, 0.2) is 0 Å². The molecule has 0 radical (unpaired) electrons. The summed E-state index contributed by atoms with van der Waals surface area (Å²) in [5.74, 6) is 0.837. The standard InChI is InChI=1S/C22H31ClN2O2/c1-22(18-5-3-2-4-6-18)11-13-25(14-12-22)21(27)20(24-16-26)15-17-7-9-19(23)10-8-17/h7-10,16,18,20H,2-6,11-15H2,1H3,(H,24,26). The Kier molecular flexibility index (Phi) is 6.80. The van der Waals surface area contributed by atoms with Gasteiger partial charge in [0.05, 0.1) is 0 Å². The molecule has 1 unspecified atom stereocenters. The molecular formula is C22H31ClN2O2. The van der Waals surface area contributed by atoms with Crippen LogP contribution in [-0.2, 0) is 16.0 Å². The molecule has 2 aliphatic rings. The van der Waals surface area contributed by atoms with Crippen LogP contribution < -0.4 is 5.32 Å². The summed E-state index contributed by atoms with van der Waals surface area (Å²) in [7, 11) is 0. The number of nitrogens with one attached hydrogen (secondary N) is 1. The summed E-state index contributed by atoms with van der Waals surface area (Å²) in [6.07, 6.45) is 10.0. The van der Waals surface area contributed by atoms with Gasteiger partial charge in [-0.1, -0.05) is 49.9 Å². The number of nitrogens with zero attached hydrogens (tertiary/aromatic N) is 1. The lowest BCUT2D eigenvalue weighted by atomic mass is 9.65. The minimum atomic E-state index is -0.511. The predicted octanol–water partition coefficient (Wildman–Crippen LogP) is 4.21. The largest absolute Gasteiger partial charge is 0.347 e. The first-order valence-electron chi connectivity index (χ1n) is 10.2. The summed E-state index contributed by atoms with van der Waals surface area (Å²) >= 11 is 5.94. The minimum absolute atomic E-state index is 0.0303. The van der Waals surface area contributed by atoms with Crippen LogP contribution in [0.25, 0.3) is 0 Å². The molecule has 2 amide bonds. The SMILES string of the molecule is CC1(C2CCCCC2)CCN(C(=O)C(Cc2ccc(Cl)cc2)NC=O)CC1. The van der Waals surface area contributed by atoms with Gasteiger partial charge in [-0.2, -0.15) is 0 Å². The van der Waals surface area contributed by atoms with Gasteiger partial charge in [-0.25, -0.2) is 0 Å². The van der Waals surface area contributed by atoms with E-state index in [1.54, 1.807) is 0 Å². The Bertz CT molecular complexity index is 632. The predicted molar refractivity (Wildman–Crippen MR) is 109 cm³/mol. The molecule has 1 aliphatic carbocycles. The van der Waals surface area contributed by atoms with Gasteiger partial charge >= 0.3 is 0 Å². The minimum Gasteiger partial charge on any atom is -0.347 e. The summed E-state index contributed by atoms with van der Waals surface area (Å²) in [5, 5.41) is 3.39. The molecule has 148 valence electrons. The Morgan fingerprint density at radius 2 is 1.85 bits per heavy atom. The summed E-state index contributed by atoms with van der Waals surface area (Å²) in [5.41, 5.74) is 1.36. The third-order valence-corrected chi connectivity index (χ3v) is 6.98. The van der Waals surface area contributed by atoms with Crippen molar-refractivity contribution in [3.05, 3.63) is 34.9 Å². The van der Waals surface area contributed by atoms with Crippen molar-refractivity contribution in [3.8, 4) is 0 Å². The number of amides is 2. The van der Waals surface area contributed by atoms with Crippen LogP contribution >= 0.6 is 11.6 Å². The highest BCUT2D eigenvalue weighted by atomic mass is 35.5. The first kappa shape index (κ1) is 20.2. The fraction of sp³-hybridized carbons (Fsp3) is 0.636. The highest BCUT2D eigenvalue weighted by Gasteiger charge is 2.39. The number of likely N-dealkylation sites (tertiary alicyclic amines) is 1. The van der Waals surface area contributed by atoms with Crippen LogP contribution in [0.15, 0.2) is 24.3 Å². The Hall–Kier alpha value is -1.55. The van der Waals surface area contributed by atoms with E-state index in [2.05, 4.69) is 12.2 Å². The second-order valence-corrected chi connectivity index (χ2v) is 8.92. The normalized spacial score (nSPS) is 21.5. The fourth-order valence-corrected chi connectivity index (χ4v) is 4.95. The number of rotatable bonds is 6. The molecule has 1 saturated heterocycles. The van der Waals surface area contributed by atoms with E-state index < -0.39 is 6.04 Å². The van der Waals surface area contributed by atoms with E-state index in [0.29, 0.717) is 23.3 Å². The molecule has 3 rings (SSSR count). The number of hydrogen-bond donors (Lipinski definition) is 1. The average Bonchev–Trinajstić information content (AvgIpc) is 2.70. The van der Waals surface area contributed by atoms with Gasteiger partial charge in [0.1, 0.15) is 6.04 Å². The summed E-state index contributed by atoms with van der Waals surface area (Å²) in [6.45, 7) is 4.01. The van der Waals surface area contributed by atoms with E-state index >= 15 is 0 Å². The average molecular weight is 391 g/mol. The van der Waals surface area contributed by atoms with Crippen molar-refractivity contribution in [2.45, 2.75) is 64.3 Å². The monoisotopic (exact) mass is 390 g/mol. The van der Waals surface area contributed by atoms with Crippen LogP contribution in [0.5, 0.6) is 0 Å². The van der Waals surface area contributed by atoms with Crippen LogP contribution in [-0.4, -0.2) is 36.3 Å². The summed E-state index contributed by atoms with van der Waals surface area (Å²) in [4.78, 5) is 26.0. The molecule has 5 heteroatoms. The lowest BCUT2D eigenvalue weighted by molar-refractivity contribution is -0.137. The molecule has 0 spiro atoms. The van der Waals surface area contributed by atoms with Gasteiger partial charge in [0, 0.05) is 24.5 Å². The van der Waals surface area contributed by atoms with Gasteiger partial charge in [0.2, 0.25) is 12.3 Å². The molecule has 1 aliphatic heterocycles. The van der Waals surface area contributed by atoms with E-state index in [-0.39, 0.29) is 5.91 Å². The molecule has 27 heavy (non-hydrogen) atoms. The van der Waals surface area contributed by atoms with E-state index in [1.807, 2.05) is 29.2 Å². The van der Waals surface area contributed by atoms with Crippen LogP contribution in [0.1, 0.15) is 57.4 Å². The Labute approximate surface area is 167 Å². The van der Waals surface area contributed by atoms with Crippen molar-refractivity contribution in [1.29, 1.82) is 0 Å². The van der Waals surface area contributed by atoms with Gasteiger partial charge in [-0.15, -0.1) is 0 Å². The van der Waals surface area contributed by atoms with Crippen LogP contribution in [0.2, 0.25) is 5.02 Å². The first-order chi connectivity index (χ1) is 13.0. The Balaban J connectivity index is 1.60. The van der Waals surface area contributed by atoms with E-state index in [9.17, 15) is 9.59 Å². The Morgan fingerprint density at radius 1 is 1.22 bits per heavy atom. The van der Waals surface area contributed by atoms with Crippen LogP contribution in [0.3, 0.4) is 0 Å². The van der Waals surface area contributed by atoms with Crippen molar-refractivity contribution in [3.63, 3.8) is 0 Å². The zero-order valence-corrected chi connectivity index (χ0v) is 17.0. The van der Waals surface area contributed by atoms with E-state index in [0.717, 1.165) is 37.4 Å². The van der Waals surface area contributed by atoms with Crippen molar-refractivity contribution < 1.29 is 9.59 Å². The van der Waals surface area contributed by atoms with Crippen molar-refractivity contribution in [2.75, 3.05) is 13.1 Å². The topological polar surface area (TPSA) is 49.4 Å². The number of piperidine rings is 1. The van der Waals surface area contributed by atoms with Gasteiger partial charge < -0.3 is 10.2 Å². The van der Waals surface area contributed by atoms with Crippen molar-refractivity contribution >= 4 is 23.9 Å². The Morgan fingerprint density at radius 3 is 2.44 bits per heavy atom. The molecule has 1 heterocycles. The third kappa shape index (κ3) is 5.04. The molecule has 1 aromatic rings. The second kappa shape index (κ2) is 9.09. The third-order valence-electron chi connectivity index (χ3n) is 6.73. The molecule has 0 aromatic heterocycles. The molecular weight excluding hydrogens is 360 g/mol. The van der Waals surface area contributed by atoms with Gasteiger partial charge in [-0.05, 0) is 54.7 Å². The van der Waals surface area contributed by atoms with Crippen molar-refractivity contribution in [1.82, 2.24) is 10.2 Å². The van der Waals surface area contributed by atoms with Gasteiger partial charge in [-0.3, -0.25) is 9.59 Å². The highest BCUT2D eigenvalue weighted by Crippen LogP contribution is 2.45. The smallest absolute Gasteiger partial charge is 0.245 e. The molecule has 2 fully saturated rings. The number of halogens is 1. The molecule has 4 nitrogen and oxygen atoms in total. The van der Waals surface area contributed by atoms with E-state index in [1.165, 1.54) is 32.1 Å². The zero-order valence-electron chi connectivity index (χ0n) is 16.3. The van der Waals surface area contributed by atoms with Crippen molar-refractivity contribution in [2.24, 2.45) is 11.3 Å². The maximum Gasteiger partial charge on any atom is 0.245 e. The lowest BCUT2D eigenvalue weighted by Crippen LogP contribution is -2.52. The lowest BCUT2D eigenvalue weighted by Gasteiger charge is -2.46. The molecule has 1 saturated carbocycles. The molecule has 0 bridgehead atoms. The number of hydrogen-bond acceptors (Lipinski definition) is 2. The number of carbonyl (C=O) groups excluding carboxylic acids is 2. The first-order valence-corrected chi connectivity index (χ1v) is 10.6. The molecule has 1 aromatic carbocycles. The van der Waals surface area contributed by atoms with E-state index in [4.69, 9.17) is 11.6 Å².